The van der Waals surface area contributed by atoms with Crippen LogP contribution in [0.15, 0.2) is 0 Å². The number of rotatable bonds is 3. The standard InChI is InChI=1S/C8H13N3/c1-2-3-7-9-8(11-10-7)6-4-5-6/h6H,2-5H2,1H3,(H,9,10,11). The molecule has 0 saturated heterocycles. The summed E-state index contributed by atoms with van der Waals surface area (Å²) in [5.74, 6) is 2.76. The molecule has 0 amide bonds. The molecule has 0 aliphatic heterocycles. The molecule has 1 aliphatic carbocycles. The maximum absolute atomic E-state index is 4.40. The highest BCUT2D eigenvalue weighted by molar-refractivity contribution is 5.04. The molecule has 0 radical (unpaired) electrons. The van der Waals surface area contributed by atoms with Crippen molar-refractivity contribution in [1.82, 2.24) is 15.2 Å². The van der Waals surface area contributed by atoms with Crippen LogP contribution in [0, 0.1) is 0 Å². The third-order valence-corrected chi connectivity index (χ3v) is 1.98. The summed E-state index contributed by atoms with van der Waals surface area (Å²) in [6.07, 6.45) is 4.73. The van der Waals surface area contributed by atoms with Crippen molar-refractivity contribution in [1.29, 1.82) is 0 Å². The van der Waals surface area contributed by atoms with Gasteiger partial charge in [-0.25, -0.2) is 4.98 Å². The normalized spacial score (nSPS) is 17.2. The quantitative estimate of drug-likeness (QED) is 0.713. The number of aromatic amines is 1. The van der Waals surface area contributed by atoms with Gasteiger partial charge in [-0.05, 0) is 19.3 Å². The van der Waals surface area contributed by atoms with Gasteiger partial charge < -0.3 is 0 Å². The van der Waals surface area contributed by atoms with Gasteiger partial charge in [0.25, 0.3) is 0 Å². The molecule has 1 N–H and O–H groups in total. The lowest BCUT2D eigenvalue weighted by atomic mass is 10.3. The van der Waals surface area contributed by atoms with Crippen molar-refractivity contribution in [3.63, 3.8) is 0 Å². The third-order valence-electron chi connectivity index (χ3n) is 1.98. The van der Waals surface area contributed by atoms with E-state index in [-0.39, 0.29) is 0 Å². The minimum absolute atomic E-state index is 0.678. The Bertz CT molecular complexity index is 237. The summed E-state index contributed by atoms with van der Waals surface area (Å²) < 4.78 is 0. The van der Waals surface area contributed by atoms with Crippen LogP contribution < -0.4 is 0 Å². The van der Waals surface area contributed by atoms with E-state index in [0.29, 0.717) is 5.92 Å². The highest BCUT2D eigenvalue weighted by Crippen LogP contribution is 2.37. The molecule has 60 valence electrons. The number of hydrogen-bond acceptors (Lipinski definition) is 2. The van der Waals surface area contributed by atoms with Crippen LogP contribution in [0.2, 0.25) is 0 Å². The number of nitrogens with one attached hydrogen (secondary N) is 1. The zero-order chi connectivity index (χ0) is 7.68. The minimum Gasteiger partial charge on any atom is -0.263 e. The summed E-state index contributed by atoms with van der Waals surface area (Å²) in [4.78, 5) is 4.40. The van der Waals surface area contributed by atoms with Gasteiger partial charge in [-0.15, -0.1) is 0 Å². The largest absolute Gasteiger partial charge is 0.263 e. The molecule has 0 aromatic carbocycles. The van der Waals surface area contributed by atoms with Crippen molar-refractivity contribution >= 4 is 0 Å². The van der Waals surface area contributed by atoms with Crippen LogP contribution in [-0.2, 0) is 6.42 Å². The first-order chi connectivity index (χ1) is 5.40. The molecule has 2 rings (SSSR count). The Hall–Kier alpha value is -0.860. The van der Waals surface area contributed by atoms with E-state index in [1.54, 1.807) is 0 Å². The molecule has 1 aromatic heterocycles. The van der Waals surface area contributed by atoms with Gasteiger partial charge in [-0.3, -0.25) is 5.10 Å². The van der Waals surface area contributed by atoms with Crippen LogP contribution in [0.1, 0.15) is 43.8 Å². The van der Waals surface area contributed by atoms with Crippen molar-refractivity contribution in [3.8, 4) is 0 Å². The lowest BCUT2D eigenvalue weighted by molar-refractivity contribution is 0.840. The van der Waals surface area contributed by atoms with Gasteiger partial charge in [0.15, 0.2) is 5.82 Å². The van der Waals surface area contributed by atoms with E-state index in [1.807, 2.05) is 0 Å². The van der Waals surface area contributed by atoms with Gasteiger partial charge in [-0.1, -0.05) is 6.92 Å². The molecule has 3 nitrogen and oxygen atoms in total. The predicted octanol–water partition coefficient (Wildman–Crippen LogP) is 1.63. The van der Waals surface area contributed by atoms with Crippen molar-refractivity contribution in [2.75, 3.05) is 0 Å². The fourth-order valence-electron chi connectivity index (χ4n) is 1.18. The maximum Gasteiger partial charge on any atom is 0.153 e. The molecule has 0 spiro atoms. The van der Waals surface area contributed by atoms with Gasteiger partial charge in [0.2, 0.25) is 0 Å². The number of aromatic nitrogens is 3. The second-order valence-corrected chi connectivity index (χ2v) is 3.16. The highest BCUT2D eigenvalue weighted by atomic mass is 15.2. The lowest BCUT2D eigenvalue weighted by Crippen LogP contribution is -1.85. The molecule has 1 aliphatic rings. The fourth-order valence-corrected chi connectivity index (χ4v) is 1.18. The Morgan fingerprint density at radius 1 is 1.55 bits per heavy atom. The fraction of sp³-hybridized carbons (Fsp3) is 0.750. The molecule has 3 heteroatoms. The Morgan fingerprint density at radius 2 is 2.36 bits per heavy atom. The van der Waals surface area contributed by atoms with Gasteiger partial charge in [0.1, 0.15) is 5.82 Å². The van der Waals surface area contributed by atoms with E-state index in [2.05, 4.69) is 22.1 Å². The second kappa shape index (κ2) is 2.64. The van der Waals surface area contributed by atoms with E-state index in [9.17, 15) is 0 Å². The first-order valence-electron chi connectivity index (χ1n) is 4.31. The van der Waals surface area contributed by atoms with Crippen molar-refractivity contribution in [2.24, 2.45) is 0 Å². The van der Waals surface area contributed by atoms with Crippen LogP contribution in [0.5, 0.6) is 0 Å². The predicted molar refractivity (Wildman–Crippen MR) is 42.4 cm³/mol. The van der Waals surface area contributed by atoms with Gasteiger partial charge in [0.05, 0.1) is 0 Å². The topological polar surface area (TPSA) is 41.6 Å². The SMILES string of the molecule is CCCc1nc(C2CC2)n[nH]1. The molecule has 1 heterocycles. The maximum atomic E-state index is 4.40. The Balaban J connectivity index is 2.06. The summed E-state index contributed by atoms with van der Waals surface area (Å²) in [7, 11) is 0. The van der Waals surface area contributed by atoms with Gasteiger partial charge >= 0.3 is 0 Å². The molecule has 1 aromatic rings. The molecular weight excluding hydrogens is 138 g/mol. The molecule has 0 unspecified atom stereocenters. The Kier molecular flexibility index (Phi) is 1.64. The summed E-state index contributed by atoms with van der Waals surface area (Å²) in [6, 6.07) is 0. The minimum atomic E-state index is 0.678. The molecule has 1 fully saturated rings. The van der Waals surface area contributed by atoms with E-state index in [4.69, 9.17) is 0 Å². The number of H-pyrrole nitrogens is 1. The van der Waals surface area contributed by atoms with Gasteiger partial charge in [0, 0.05) is 12.3 Å². The molecule has 11 heavy (non-hydrogen) atoms. The molecule has 0 atom stereocenters. The van der Waals surface area contributed by atoms with E-state index < -0.39 is 0 Å². The van der Waals surface area contributed by atoms with Crippen LogP contribution in [0.3, 0.4) is 0 Å². The van der Waals surface area contributed by atoms with Crippen LogP contribution in [-0.4, -0.2) is 15.2 Å². The summed E-state index contributed by atoms with van der Waals surface area (Å²) in [5, 5.41) is 7.13. The zero-order valence-corrected chi connectivity index (χ0v) is 6.80. The van der Waals surface area contributed by atoms with Crippen LogP contribution in [0.25, 0.3) is 0 Å². The molecule has 0 bridgehead atoms. The lowest BCUT2D eigenvalue weighted by Gasteiger charge is -1.86. The zero-order valence-electron chi connectivity index (χ0n) is 6.80. The number of nitrogens with zero attached hydrogens (tertiary/aromatic N) is 2. The summed E-state index contributed by atoms with van der Waals surface area (Å²) >= 11 is 0. The summed E-state index contributed by atoms with van der Waals surface area (Å²) in [5.41, 5.74) is 0. The third kappa shape index (κ3) is 1.42. The molecule has 1 saturated carbocycles. The van der Waals surface area contributed by atoms with E-state index >= 15 is 0 Å². The first kappa shape index (κ1) is 6.83. The second-order valence-electron chi connectivity index (χ2n) is 3.16. The monoisotopic (exact) mass is 151 g/mol. The van der Waals surface area contributed by atoms with Crippen LogP contribution >= 0.6 is 0 Å². The number of aryl methyl sites for hydroxylation is 1. The molecular formula is C8H13N3. The average Bonchev–Trinajstić information content (AvgIpc) is 2.75. The van der Waals surface area contributed by atoms with Crippen molar-refractivity contribution in [2.45, 2.75) is 38.5 Å². The Morgan fingerprint density at radius 3 is 3.00 bits per heavy atom. The average molecular weight is 151 g/mol. The van der Waals surface area contributed by atoms with Crippen molar-refractivity contribution in [3.05, 3.63) is 11.6 Å². The van der Waals surface area contributed by atoms with E-state index in [0.717, 1.165) is 24.5 Å². The Labute approximate surface area is 66.2 Å². The van der Waals surface area contributed by atoms with Crippen LogP contribution in [0.4, 0.5) is 0 Å². The van der Waals surface area contributed by atoms with Gasteiger partial charge in [-0.2, -0.15) is 5.10 Å². The summed E-state index contributed by atoms with van der Waals surface area (Å²) in [6.45, 7) is 2.15. The van der Waals surface area contributed by atoms with Crippen molar-refractivity contribution < 1.29 is 0 Å². The smallest absolute Gasteiger partial charge is 0.153 e. The van der Waals surface area contributed by atoms with E-state index in [1.165, 1.54) is 12.8 Å². The number of hydrogen-bond donors (Lipinski definition) is 1. The first-order valence-corrected chi connectivity index (χ1v) is 4.31. The highest BCUT2D eigenvalue weighted by Gasteiger charge is 2.27.